The van der Waals surface area contributed by atoms with E-state index in [4.69, 9.17) is 5.11 Å². The van der Waals surface area contributed by atoms with Crippen molar-refractivity contribution < 1.29 is 13.9 Å². The van der Waals surface area contributed by atoms with Gasteiger partial charge < -0.3 is 5.11 Å². The van der Waals surface area contributed by atoms with Crippen LogP contribution in [-0.2, 0) is 0 Å². The first kappa shape index (κ1) is 9.38. The van der Waals surface area contributed by atoms with Gasteiger partial charge in [-0.1, -0.05) is 0 Å². The van der Waals surface area contributed by atoms with Crippen LogP contribution in [0.3, 0.4) is 0 Å². The van der Waals surface area contributed by atoms with Gasteiger partial charge in [-0.05, 0) is 28.4 Å². The van der Waals surface area contributed by atoms with Gasteiger partial charge in [0.15, 0.2) is 5.75 Å². The predicted octanol–water partition coefficient (Wildman–Crippen LogP) is 2.80. The molecule has 5 heteroatoms. The summed E-state index contributed by atoms with van der Waals surface area (Å²) in [5.74, 6) is -0.481. The zero-order valence-corrected chi connectivity index (χ0v) is 7.77. The zero-order chi connectivity index (χ0) is 9.30. The molecule has 0 saturated heterocycles. The van der Waals surface area contributed by atoms with E-state index >= 15 is 0 Å². The maximum Gasteiger partial charge on any atom is 0.267 e. The molecule has 2 nitrogen and oxygen atoms in total. The van der Waals surface area contributed by atoms with E-state index in [-0.39, 0.29) is 15.7 Å². The Balaban J connectivity index is 3.33. The van der Waals surface area contributed by atoms with E-state index in [0.29, 0.717) is 0 Å². The molecule has 0 aliphatic rings. The fraction of sp³-hybridized carbons (Fsp3) is 0.286. The third-order valence-corrected chi connectivity index (χ3v) is 2.05. The molecule has 66 valence electrons. The van der Waals surface area contributed by atoms with Crippen molar-refractivity contribution in [2.75, 3.05) is 0 Å². The van der Waals surface area contributed by atoms with Crippen molar-refractivity contribution in [2.24, 2.45) is 0 Å². The zero-order valence-electron chi connectivity index (χ0n) is 6.18. The summed E-state index contributed by atoms with van der Waals surface area (Å²) in [6, 6.07) is 0. The minimum Gasteiger partial charge on any atom is -0.505 e. The Morgan fingerprint density at radius 3 is 2.58 bits per heavy atom. The number of hydrogen-bond donors (Lipinski definition) is 1. The van der Waals surface area contributed by atoms with Crippen molar-refractivity contribution in [3.8, 4) is 5.75 Å². The molecular weight excluding hydrogens is 232 g/mol. The highest BCUT2D eigenvalue weighted by Crippen LogP contribution is 2.34. The second-order valence-corrected chi connectivity index (χ2v) is 3.05. The summed E-state index contributed by atoms with van der Waals surface area (Å²) in [7, 11) is 0. The van der Waals surface area contributed by atoms with Crippen molar-refractivity contribution in [1.82, 2.24) is 4.98 Å². The largest absolute Gasteiger partial charge is 0.505 e. The molecule has 0 spiro atoms. The lowest BCUT2D eigenvalue weighted by Gasteiger charge is -2.07. The Hall–Kier alpha value is -0.710. The Bertz CT molecular complexity index is 304. The number of aryl methyl sites for hydroxylation is 1. The number of pyridine rings is 1. The van der Waals surface area contributed by atoms with Crippen LogP contribution in [0.2, 0.25) is 0 Å². The van der Waals surface area contributed by atoms with Gasteiger partial charge in [-0.15, -0.1) is 0 Å². The van der Waals surface area contributed by atoms with Gasteiger partial charge in [-0.3, -0.25) is 0 Å². The lowest BCUT2D eigenvalue weighted by atomic mass is 10.1. The van der Waals surface area contributed by atoms with Crippen molar-refractivity contribution in [3.05, 3.63) is 21.9 Å². The summed E-state index contributed by atoms with van der Waals surface area (Å²) in [6.45, 7) is 1.47. The molecule has 0 aliphatic heterocycles. The summed E-state index contributed by atoms with van der Waals surface area (Å²) >= 11 is 2.85. The molecule has 12 heavy (non-hydrogen) atoms. The van der Waals surface area contributed by atoms with E-state index in [9.17, 15) is 8.78 Å². The van der Waals surface area contributed by atoms with Gasteiger partial charge in [0, 0.05) is 6.20 Å². The van der Waals surface area contributed by atoms with Crippen LogP contribution >= 0.6 is 15.9 Å². The van der Waals surface area contributed by atoms with Crippen molar-refractivity contribution in [3.63, 3.8) is 0 Å². The van der Waals surface area contributed by atoms with Crippen LogP contribution in [0.4, 0.5) is 8.78 Å². The van der Waals surface area contributed by atoms with E-state index in [2.05, 4.69) is 20.9 Å². The molecule has 0 amide bonds. The quantitative estimate of drug-likeness (QED) is 0.763. The molecule has 0 radical (unpaired) electrons. The van der Waals surface area contributed by atoms with Crippen molar-refractivity contribution in [2.45, 2.75) is 13.3 Å². The smallest absolute Gasteiger partial charge is 0.267 e. The average molecular weight is 238 g/mol. The van der Waals surface area contributed by atoms with Crippen molar-refractivity contribution >= 4 is 15.9 Å². The first-order chi connectivity index (χ1) is 5.54. The lowest BCUT2D eigenvalue weighted by molar-refractivity contribution is 0.146. The summed E-state index contributed by atoms with van der Waals surface area (Å²) < 4.78 is 24.6. The number of hydrogen-bond acceptors (Lipinski definition) is 2. The van der Waals surface area contributed by atoms with Crippen molar-refractivity contribution in [1.29, 1.82) is 0 Å². The Kier molecular flexibility index (Phi) is 2.62. The SMILES string of the molecule is Cc1cnc(Br)c(O)c1C(F)F. The van der Waals surface area contributed by atoms with E-state index < -0.39 is 12.2 Å². The van der Waals surface area contributed by atoms with Gasteiger partial charge in [-0.25, -0.2) is 13.8 Å². The fourth-order valence-corrected chi connectivity index (χ4v) is 1.17. The standard InChI is InChI=1S/C7H6BrF2NO/c1-3-2-11-6(8)5(12)4(3)7(9)10/h2,7,12H,1H3. The molecule has 0 bridgehead atoms. The van der Waals surface area contributed by atoms with Gasteiger partial charge >= 0.3 is 0 Å². The van der Waals surface area contributed by atoms with Crippen LogP contribution in [0.5, 0.6) is 5.75 Å². The summed E-state index contributed by atoms with van der Waals surface area (Å²) in [5, 5.41) is 9.16. The van der Waals surface area contributed by atoms with E-state index in [1.165, 1.54) is 13.1 Å². The molecule has 1 aromatic rings. The number of alkyl halides is 2. The molecule has 0 saturated carbocycles. The molecule has 1 heterocycles. The molecular formula is C7H6BrF2NO. The number of nitrogens with zero attached hydrogens (tertiary/aromatic N) is 1. The third kappa shape index (κ3) is 1.55. The van der Waals surface area contributed by atoms with E-state index in [1.807, 2.05) is 0 Å². The fourth-order valence-electron chi connectivity index (χ4n) is 0.858. The van der Waals surface area contributed by atoms with E-state index in [0.717, 1.165) is 0 Å². The second kappa shape index (κ2) is 3.35. The average Bonchev–Trinajstić information content (AvgIpc) is 1.97. The highest BCUT2D eigenvalue weighted by molar-refractivity contribution is 9.10. The van der Waals surface area contributed by atoms with Gasteiger partial charge in [0.25, 0.3) is 6.43 Å². The Morgan fingerprint density at radius 1 is 1.58 bits per heavy atom. The third-order valence-electron chi connectivity index (χ3n) is 1.47. The predicted molar refractivity (Wildman–Crippen MR) is 43.3 cm³/mol. The molecule has 1 N–H and O–H groups in total. The first-order valence-corrected chi connectivity index (χ1v) is 3.95. The molecule has 0 aromatic carbocycles. The number of aromatic hydroxyl groups is 1. The summed E-state index contributed by atoms with van der Waals surface area (Å²) in [6.07, 6.45) is -1.39. The number of aromatic nitrogens is 1. The van der Waals surface area contributed by atoms with Crippen LogP contribution in [0.1, 0.15) is 17.6 Å². The van der Waals surface area contributed by atoms with Gasteiger partial charge in [0.2, 0.25) is 0 Å². The maximum absolute atomic E-state index is 12.3. The molecule has 0 unspecified atom stereocenters. The summed E-state index contributed by atoms with van der Waals surface area (Å²) in [5.41, 5.74) is -0.0809. The number of halogens is 3. The highest BCUT2D eigenvalue weighted by atomic mass is 79.9. The van der Waals surface area contributed by atoms with Crippen LogP contribution < -0.4 is 0 Å². The normalized spacial score (nSPS) is 10.8. The van der Waals surface area contributed by atoms with Crippen LogP contribution in [0.15, 0.2) is 10.8 Å². The summed E-state index contributed by atoms with van der Waals surface area (Å²) in [4.78, 5) is 3.65. The first-order valence-electron chi connectivity index (χ1n) is 3.16. The number of rotatable bonds is 1. The lowest BCUT2D eigenvalue weighted by Crippen LogP contribution is -1.93. The molecule has 1 rings (SSSR count). The minimum absolute atomic E-state index is 0.0448. The molecule has 0 fully saturated rings. The van der Waals surface area contributed by atoms with Gasteiger partial charge in [0.05, 0.1) is 5.56 Å². The second-order valence-electron chi connectivity index (χ2n) is 2.29. The minimum atomic E-state index is -2.68. The Morgan fingerprint density at radius 2 is 2.17 bits per heavy atom. The van der Waals surface area contributed by atoms with Gasteiger partial charge in [-0.2, -0.15) is 0 Å². The molecule has 0 aliphatic carbocycles. The van der Waals surface area contributed by atoms with E-state index in [1.54, 1.807) is 0 Å². The maximum atomic E-state index is 12.3. The topological polar surface area (TPSA) is 33.1 Å². The van der Waals surface area contributed by atoms with Crippen LogP contribution in [0.25, 0.3) is 0 Å². The monoisotopic (exact) mass is 237 g/mol. The van der Waals surface area contributed by atoms with Crippen LogP contribution in [0, 0.1) is 6.92 Å². The molecule has 1 aromatic heterocycles. The molecule has 0 atom stereocenters. The van der Waals surface area contributed by atoms with Gasteiger partial charge in [0.1, 0.15) is 4.60 Å². The van der Waals surface area contributed by atoms with Crippen LogP contribution in [-0.4, -0.2) is 10.1 Å². The Labute approximate surface area is 76.4 Å². The highest BCUT2D eigenvalue weighted by Gasteiger charge is 2.18.